The van der Waals surface area contributed by atoms with Crippen LogP contribution < -0.4 is 10.6 Å². The SMILES string of the molecule is CCNC(=NCC(C)SC)NC1CCCC(S(=O)CC)C1. The number of aliphatic imine (C=N–C) groups is 1. The molecule has 0 aromatic carbocycles. The molecule has 1 saturated carbocycles. The Bertz CT molecular complexity index is 350. The first kappa shape index (κ1) is 18.8. The number of hydrogen-bond acceptors (Lipinski definition) is 3. The van der Waals surface area contributed by atoms with Crippen molar-refractivity contribution in [1.82, 2.24) is 10.6 Å². The van der Waals surface area contributed by atoms with E-state index >= 15 is 0 Å². The largest absolute Gasteiger partial charge is 0.357 e. The monoisotopic (exact) mass is 333 g/mol. The summed E-state index contributed by atoms with van der Waals surface area (Å²) < 4.78 is 12.0. The number of hydrogen-bond donors (Lipinski definition) is 2. The summed E-state index contributed by atoms with van der Waals surface area (Å²) in [4.78, 5) is 4.67. The summed E-state index contributed by atoms with van der Waals surface area (Å²) in [5.41, 5.74) is 0. The molecular weight excluding hydrogens is 302 g/mol. The van der Waals surface area contributed by atoms with E-state index in [1.165, 1.54) is 0 Å². The van der Waals surface area contributed by atoms with Crippen LogP contribution in [0.15, 0.2) is 4.99 Å². The van der Waals surface area contributed by atoms with E-state index in [2.05, 4.69) is 35.7 Å². The minimum absolute atomic E-state index is 0.356. The van der Waals surface area contributed by atoms with Crippen LogP contribution in [-0.2, 0) is 10.8 Å². The summed E-state index contributed by atoms with van der Waals surface area (Å²) in [5.74, 6) is 1.68. The summed E-state index contributed by atoms with van der Waals surface area (Å²) in [6, 6.07) is 0.404. The van der Waals surface area contributed by atoms with Crippen LogP contribution in [0.2, 0.25) is 0 Å². The Labute approximate surface area is 136 Å². The van der Waals surface area contributed by atoms with Crippen molar-refractivity contribution < 1.29 is 4.21 Å². The first-order valence-electron chi connectivity index (χ1n) is 8.05. The van der Waals surface area contributed by atoms with Gasteiger partial charge in [0.1, 0.15) is 0 Å². The summed E-state index contributed by atoms with van der Waals surface area (Å²) in [6.45, 7) is 8.00. The lowest BCUT2D eigenvalue weighted by atomic mass is 9.95. The van der Waals surface area contributed by atoms with Crippen molar-refractivity contribution in [2.75, 3.05) is 25.1 Å². The number of thioether (sulfide) groups is 1. The summed E-state index contributed by atoms with van der Waals surface area (Å²) in [7, 11) is -0.669. The van der Waals surface area contributed by atoms with E-state index in [4.69, 9.17) is 0 Å². The van der Waals surface area contributed by atoms with Gasteiger partial charge < -0.3 is 10.6 Å². The van der Waals surface area contributed by atoms with Gasteiger partial charge in [-0.3, -0.25) is 9.20 Å². The van der Waals surface area contributed by atoms with Crippen molar-refractivity contribution in [3.8, 4) is 0 Å². The standard InChI is InChI=1S/C15H31N3OS2/c1-5-16-15(17-11-12(3)20-4)18-13-8-7-9-14(10-13)21(19)6-2/h12-14H,5-11H2,1-4H3,(H2,16,17,18). The van der Waals surface area contributed by atoms with Gasteiger partial charge in [0.25, 0.3) is 0 Å². The third kappa shape index (κ3) is 7.04. The molecule has 0 radical (unpaired) electrons. The van der Waals surface area contributed by atoms with Gasteiger partial charge in [-0.05, 0) is 32.4 Å². The molecule has 0 aliphatic heterocycles. The van der Waals surface area contributed by atoms with Crippen LogP contribution in [-0.4, -0.2) is 51.8 Å². The number of rotatable bonds is 7. The normalized spacial score (nSPS) is 26.2. The molecule has 0 spiro atoms. The second kappa shape index (κ2) is 10.5. The molecule has 2 N–H and O–H groups in total. The lowest BCUT2D eigenvalue weighted by molar-refractivity contribution is 0.413. The second-order valence-electron chi connectivity index (χ2n) is 5.57. The lowest BCUT2D eigenvalue weighted by Gasteiger charge is -2.30. The summed E-state index contributed by atoms with van der Waals surface area (Å²) >= 11 is 1.84. The van der Waals surface area contributed by atoms with Crippen LogP contribution >= 0.6 is 11.8 Å². The van der Waals surface area contributed by atoms with Crippen molar-refractivity contribution in [2.24, 2.45) is 4.99 Å². The smallest absolute Gasteiger partial charge is 0.191 e. The fourth-order valence-corrected chi connectivity index (χ4v) is 4.13. The molecule has 1 rings (SSSR count). The predicted molar refractivity (Wildman–Crippen MR) is 96.8 cm³/mol. The Balaban J connectivity index is 2.55. The average molecular weight is 334 g/mol. The topological polar surface area (TPSA) is 53.5 Å². The molecule has 1 aliphatic carbocycles. The van der Waals surface area contributed by atoms with E-state index in [-0.39, 0.29) is 0 Å². The van der Waals surface area contributed by atoms with Gasteiger partial charge in [-0.15, -0.1) is 0 Å². The molecule has 1 aliphatic rings. The maximum absolute atomic E-state index is 12.0. The van der Waals surface area contributed by atoms with Crippen LogP contribution in [0.1, 0.15) is 46.5 Å². The Morgan fingerprint density at radius 2 is 2.19 bits per heavy atom. The van der Waals surface area contributed by atoms with Crippen molar-refractivity contribution in [1.29, 1.82) is 0 Å². The van der Waals surface area contributed by atoms with Crippen molar-refractivity contribution >= 4 is 28.5 Å². The Morgan fingerprint density at radius 1 is 1.43 bits per heavy atom. The van der Waals surface area contributed by atoms with Gasteiger partial charge in [0.15, 0.2) is 5.96 Å². The molecule has 6 heteroatoms. The van der Waals surface area contributed by atoms with E-state index in [1.807, 2.05) is 18.7 Å². The minimum atomic E-state index is -0.669. The van der Waals surface area contributed by atoms with Crippen molar-refractivity contribution in [3.05, 3.63) is 0 Å². The third-order valence-corrected chi connectivity index (χ3v) is 6.57. The van der Waals surface area contributed by atoms with Gasteiger partial charge in [0, 0.05) is 39.6 Å². The van der Waals surface area contributed by atoms with Crippen LogP contribution in [0.5, 0.6) is 0 Å². The molecular formula is C15H31N3OS2. The minimum Gasteiger partial charge on any atom is -0.357 e. The molecule has 1 fully saturated rings. The predicted octanol–water partition coefficient (Wildman–Crippen LogP) is 2.37. The second-order valence-corrected chi connectivity index (χ2v) is 8.85. The average Bonchev–Trinajstić information content (AvgIpc) is 2.51. The highest BCUT2D eigenvalue weighted by atomic mass is 32.2. The molecule has 0 amide bonds. The maximum atomic E-state index is 12.0. The molecule has 4 atom stereocenters. The van der Waals surface area contributed by atoms with Gasteiger partial charge in [0.05, 0.1) is 6.54 Å². The first-order chi connectivity index (χ1) is 10.1. The Morgan fingerprint density at radius 3 is 2.81 bits per heavy atom. The fraction of sp³-hybridized carbons (Fsp3) is 0.933. The molecule has 124 valence electrons. The molecule has 0 bridgehead atoms. The fourth-order valence-electron chi connectivity index (χ4n) is 2.56. The van der Waals surface area contributed by atoms with E-state index in [9.17, 15) is 4.21 Å². The van der Waals surface area contributed by atoms with Crippen LogP contribution in [0.4, 0.5) is 0 Å². The first-order valence-corrected chi connectivity index (χ1v) is 10.7. The van der Waals surface area contributed by atoms with Crippen LogP contribution in [0.3, 0.4) is 0 Å². The molecule has 0 heterocycles. The summed E-state index contributed by atoms with van der Waals surface area (Å²) in [5, 5.41) is 7.75. The molecule has 0 aromatic heterocycles. The van der Waals surface area contributed by atoms with Gasteiger partial charge in [-0.1, -0.05) is 20.3 Å². The molecule has 4 unspecified atom stereocenters. The number of nitrogens with zero attached hydrogens (tertiary/aromatic N) is 1. The van der Waals surface area contributed by atoms with E-state index in [0.717, 1.165) is 50.5 Å². The molecule has 21 heavy (non-hydrogen) atoms. The van der Waals surface area contributed by atoms with Crippen molar-refractivity contribution in [3.63, 3.8) is 0 Å². The van der Waals surface area contributed by atoms with E-state index < -0.39 is 10.8 Å². The number of guanidine groups is 1. The maximum Gasteiger partial charge on any atom is 0.191 e. The zero-order valence-corrected chi connectivity index (χ0v) is 15.5. The zero-order chi connectivity index (χ0) is 15.7. The Kier molecular flexibility index (Phi) is 9.40. The lowest BCUT2D eigenvalue weighted by Crippen LogP contribution is -2.46. The van der Waals surface area contributed by atoms with Crippen LogP contribution in [0, 0.1) is 0 Å². The van der Waals surface area contributed by atoms with E-state index in [0.29, 0.717) is 16.5 Å². The highest BCUT2D eigenvalue weighted by Crippen LogP contribution is 2.23. The van der Waals surface area contributed by atoms with Gasteiger partial charge in [-0.25, -0.2) is 0 Å². The van der Waals surface area contributed by atoms with Gasteiger partial charge >= 0.3 is 0 Å². The molecule has 0 aromatic rings. The third-order valence-electron chi connectivity index (χ3n) is 3.88. The highest BCUT2D eigenvalue weighted by Gasteiger charge is 2.26. The Hall–Kier alpha value is -0.230. The highest BCUT2D eigenvalue weighted by molar-refractivity contribution is 7.99. The van der Waals surface area contributed by atoms with Gasteiger partial charge in [-0.2, -0.15) is 11.8 Å². The van der Waals surface area contributed by atoms with Gasteiger partial charge in [0.2, 0.25) is 0 Å². The molecule has 0 saturated heterocycles. The van der Waals surface area contributed by atoms with Crippen molar-refractivity contribution in [2.45, 2.75) is 63.0 Å². The van der Waals surface area contributed by atoms with Crippen LogP contribution in [0.25, 0.3) is 0 Å². The quantitative estimate of drug-likeness (QED) is 0.555. The summed E-state index contributed by atoms with van der Waals surface area (Å²) in [6.07, 6.45) is 6.54. The molecule has 4 nitrogen and oxygen atoms in total. The number of nitrogens with one attached hydrogen (secondary N) is 2. The zero-order valence-electron chi connectivity index (χ0n) is 13.9. The van der Waals surface area contributed by atoms with E-state index in [1.54, 1.807) is 0 Å².